The highest BCUT2D eigenvalue weighted by atomic mass is 32.1. The number of methoxy groups -OCH3 is 1. The maximum Gasteiger partial charge on any atom is 0.348 e. The number of fused-ring (bicyclic) bond motifs is 2. The van der Waals surface area contributed by atoms with Gasteiger partial charge in [0, 0.05) is 28.1 Å². The molecular formula is C36H45NO6S2. The van der Waals surface area contributed by atoms with E-state index in [1.807, 2.05) is 90.1 Å². The summed E-state index contributed by atoms with van der Waals surface area (Å²) < 4.78 is 12.0. The van der Waals surface area contributed by atoms with Gasteiger partial charge in [0.05, 0.1) is 13.7 Å². The number of aldehydes is 1. The molecule has 0 radical (unpaired) electrons. The number of carbonyl (C=O) groups excluding carboxylic acids is 2. The summed E-state index contributed by atoms with van der Waals surface area (Å²) in [4.78, 5) is 34.1. The van der Waals surface area contributed by atoms with Crippen LogP contribution in [-0.4, -0.2) is 37.0 Å². The van der Waals surface area contributed by atoms with Crippen molar-refractivity contribution in [1.82, 2.24) is 5.32 Å². The predicted molar refractivity (Wildman–Crippen MR) is 190 cm³/mol. The Hall–Kier alpha value is -4.05. The molecule has 0 unspecified atom stereocenters. The second-order valence-corrected chi connectivity index (χ2v) is 10.7. The number of aromatic carboxylic acids is 1. The summed E-state index contributed by atoms with van der Waals surface area (Å²) in [5.74, 6) is -0.326. The van der Waals surface area contributed by atoms with E-state index >= 15 is 0 Å². The Bertz CT molecular complexity index is 1610. The first kappa shape index (κ1) is 39.0. The number of rotatable bonds is 9. The minimum atomic E-state index is -0.870. The quantitative estimate of drug-likeness (QED) is 0.121. The Kier molecular flexibility index (Phi) is 18.7. The van der Waals surface area contributed by atoms with Crippen molar-refractivity contribution < 1.29 is 29.0 Å². The molecule has 0 aliphatic rings. The highest BCUT2D eigenvalue weighted by Crippen LogP contribution is 2.28. The van der Waals surface area contributed by atoms with Crippen molar-refractivity contribution in [2.24, 2.45) is 0 Å². The second-order valence-electron chi connectivity index (χ2n) is 8.49. The van der Waals surface area contributed by atoms with Crippen molar-refractivity contribution >= 4 is 61.1 Å². The van der Waals surface area contributed by atoms with Gasteiger partial charge in [0.25, 0.3) is 0 Å². The van der Waals surface area contributed by atoms with Gasteiger partial charge in [-0.3, -0.25) is 4.79 Å². The predicted octanol–water partition coefficient (Wildman–Crippen LogP) is 9.87. The number of carboxylic acid groups (broad SMARTS) is 1. The van der Waals surface area contributed by atoms with Gasteiger partial charge in [-0.05, 0) is 65.2 Å². The van der Waals surface area contributed by atoms with E-state index in [1.165, 1.54) is 28.2 Å². The molecule has 2 N–H and O–H groups in total. The first-order valence-electron chi connectivity index (χ1n) is 15.2. The maximum absolute atomic E-state index is 11.5. The van der Waals surface area contributed by atoms with Gasteiger partial charge in [-0.2, -0.15) is 0 Å². The Morgan fingerprint density at radius 1 is 0.756 bits per heavy atom. The van der Waals surface area contributed by atoms with Gasteiger partial charge < -0.3 is 19.9 Å². The lowest BCUT2D eigenvalue weighted by atomic mass is 10.1. The average Bonchev–Trinajstić information content (AvgIpc) is 3.72. The van der Waals surface area contributed by atoms with Crippen molar-refractivity contribution in [3.8, 4) is 5.75 Å². The molecule has 7 nitrogen and oxygen atoms in total. The van der Waals surface area contributed by atoms with E-state index in [1.54, 1.807) is 38.3 Å². The Labute approximate surface area is 274 Å². The molecule has 0 spiro atoms. The molecule has 5 aromatic rings. The Morgan fingerprint density at radius 2 is 1.29 bits per heavy atom. The summed E-state index contributed by atoms with van der Waals surface area (Å²) >= 11 is 2.65. The molecule has 0 saturated carbocycles. The van der Waals surface area contributed by atoms with Crippen LogP contribution in [0.4, 0.5) is 0 Å². The fraction of sp³-hybridized carbons (Fsp3) is 0.306. The number of carbonyl (C=O) groups is 3. The SMILES string of the molecule is CC.CC.CC.CCOC(=O)c1cc2ccc(C=O)cc2s1.COc1ccc(CNCc2ccc3cc(C(=O)O)sc3c2)cc1. The van der Waals surface area contributed by atoms with Crippen molar-refractivity contribution in [2.75, 3.05) is 13.7 Å². The molecule has 0 saturated heterocycles. The first-order chi connectivity index (χ1) is 21.9. The van der Waals surface area contributed by atoms with Crippen molar-refractivity contribution in [2.45, 2.75) is 61.6 Å². The fourth-order valence-corrected chi connectivity index (χ4v) is 5.78. The first-order valence-corrected chi connectivity index (χ1v) is 16.8. The number of hydrogen-bond acceptors (Lipinski definition) is 8. The van der Waals surface area contributed by atoms with Crippen LogP contribution in [0.15, 0.2) is 72.8 Å². The maximum atomic E-state index is 11.5. The number of hydrogen-bond donors (Lipinski definition) is 2. The number of esters is 1. The van der Waals surface area contributed by atoms with Gasteiger partial charge in [0.15, 0.2) is 0 Å². The smallest absolute Gasteiger partial charge is 0.348 e. The molecular weight excluding hydrogens is 607 g/mol. The van der Waals surface area contributed by atoms with Crippen LogP contribution >= 0.6 is 22.7 Å². The van der Waals surface area contributed by atoms with E-state index in [0.717, 1.165) is 50.9 Å². The van der Waals surface area contributed by atoms with Crippen LogP contribution in [-0.2, 0) is 17.8 Å². The van der Waals surface area contributed by atoms with Gasteiger partial charge >= 0.3 is 11.9 Å². The number of carboxylic acids is 1. The minimum Gasteiger partial charge on any atom is -0.497 e. The van der Waals surface area contributed by atoms with Gasteiger partial charge in [-0.25, -0.2) is 9.59 Å². The highest BCUT2D eigenvalue weighted by molar-refractivity contribution is 7.21. The number of benzene rings is 3. The summed E-state index contributed by atoms with van der Waals surface area (Å²) in [6.07, 6.45) is 0.795. The molecule has 5 rings (SSSR count). The zero-order valence-corrected chi connectivity index (χ0v) is 29.1. The fourth-order valence-electron chi connectivity index (χ4n) is 3.81. The number of thiophene rings is 2. The van der Waals surface area contributed by atoms with Crippen LogP contribution in [0.2, 0.25) is 0 Å². The van der Waals surface area contributed by atoms with Gasteiger partial charge in [0.1, 0.15) is 21.8 Å². The van der Waals surface area contributed by atoms with E-state index in [9.17, 15) is 14.4 Å². The number of ether oxygens (including phenoxy) is 2. The molecule has 3 aromatic carbocycles. The van der Waals surface area contributed by atoms with E-state index in [2.05, 4.69) is 5.32 Å². The van der Waals surface area contributed by atoms with E-state index < -0.39 is 5.97 Å². The topological polar surface area (TPSA) is 102 Å². The lowest BCUT2D eigenvalue weighted by Crippen LogP contribution is -2.12. The van der Waals surface area contributed by atoms with Crippen LogP contribution in [0.3, 0.4) is 0 Å². The molecule has 0 amide bonds. The Morgan fingerprint density at radius 3 is 1.87 bits per heavy atom. The van der Waals surface area contributed by atoms with Crippen LogP contribution in [0.5, 0.6) is 5.75 Å². The summed E-state index contributed by atoms with van der Waals surface area (Å²) in [5.41, 5.74) is 2.95. The molecule has 45 heavy (non-hydrogen) atoms. The normalized spacial score (nSPS) is 9.60. The number of nitrogens with one attached hydrogen (secondary N) is 1. The molecule has 9 heteroatoms. The molecule has 0 bridgehead atoms. The van der Waals surface area contributed by atoms with Crippen LogP contribution < -0.4 is 10.1 Å². The van der Waals surface area contributed by atoms with Crippen LogP contribution in [0.1, 0.15) is 89.3 Å². The molecule has 0 fully saturated rings. The van der Waals surface area contributed by atoms with Crippen molar-refractivity contribution in [1.29, 1.82) is 0 Å². The monoisotopic (exact) mass is 651 g/mol. The van der Waals surface area contributed by atoms with Gasteiger partial charge in [-0.1, -0.05) is 77.9 Å². The van der Waals surface area contributed by atoms with E-state index in [4.69, 9.17) is 14.6 Å². The van der Waals surface area contributed by atoms with Crippen LogP contribution in [0, 0.1) is 0 Å². The average molecular weight is 652 g/mol. The van der Waals surface area contributed by atoms with Gasteiger partial charge in [0.2, 0.25) is 0 Å². The molecule has 0 aliphatic heterocycles. The highest BCUT2D eigenvalue weighted by Gasteiger charge is 2.11. The summed E-state index contributed by atoms with van der Waals surface area (Å²) in [6, 6.07) is 22.9. The summed E-state index contributed by atoms with van der Waals surface area (Å²) in [6.45, 7) is 15.7. The molecule has 2 heterocycles. The molecule has 0 atom stereocenters. The third-order valence-corrected chi connectivity index (χ3v) is 7.93. The largest absolute Gasteiger partial charge is 0.497 e. The van der Waals surface area contributed by atoms with Crippen LogP contribution in [0.25, 0.3) is 20.2 Å². The molecule has 0 aliphatic carbocycles. The molecule has 242 valence electrons. The standard InChI is InChI=1S/C18H17NO3S.C12H10O3S.3C2H6/c1-22-15-6-3-12(4-7-15)10-19-11-13-2-5-14-9-17(18(20)21)23-16(14)8-13;1-2-15-12(14)11-6-9-4-3-8(7-13)5-10(9)16-11;3*1-2/h2-9,19H,10-11H2,1H3,(H,20,21);3-7H,2H2,1H3;3*1-2H3. The summed E-state index contributed by atoms with van der Waals surface area (Å²) in [7, 11) is 1.66. The minimum absolute atomic E-state index is 0.309. The van der Waals surface area contributed by atoms with Crippen molar-refractivity contribution in [3.05, 3.63) is 99.2 Å². The lowest BCUT2D eigenvalue weighted by Gasteiger charge is -2.06. The zero-order chi connectivity index (χ0) is 33.8. The van der Waals surface area contributed by atoms with E-state index in [-0.39, 0.29) is 5.97 Å². The van der Waals surface area contributed by atoms with Crippen molar-refractivity contribution in [3.63, 3.8) is 0 Å². The van der Waals surface area contributed by atoms with E-state index in [0.29, 0.717) is 21.9 Å². The second kappa shape index (κ2) is 21.6. The van der Waals surface area contributed by atoms with Gasteiger partial charge in [-0.15, -0.1) is 22.7 Å². The zero-order valence-electron chi connectivity index (χ0n) is 27.4. The lowest BCUT2D eigenvalue weighted by molar-refractivity contribution is 0.0531. The third-order valence-electron chi connectivity index (χ3n) is 5.77. The summed E-state index contributed by atoms with van der Waals surface area (Å²) in [5, 5.41) is 14.4. The third kappa shape index (κ3) is 12.1. The Balaban J connectivity index is 0.000000403. The molecule has 2 aromatic heterocycles.